The molecule has 1 amide bonds. The smallest absolute Gasteiger partial charge is 0.240 e. The third kappa shape index (κ3) is 2.80. The van der Waals surface area contributed by atoms with Gasteiger partial charge < -0.3 is 5.32 Å². The third-order valence-electron chi connectivity index (χ3n) is 1.81. The highest BCUT2D eigenvalue weighted by Crippen LogP contribution is 2.20. The van der Waals surface area contributed by atoms with Crippen LogP contribution in [0.4, 0.5) is 5.69 Å². The summed E-state index contributed by atoms with van der Waals surface area (Å²) in [7, 11) is 0. The molecule has 0 aliphatic heterocycles. The van der Waals surface area contributed by atoms with Gasteiger partial charge in [0, 0.05) is 18.1 Å². The van der Waals surface area contributed by atoms with E-state index in [1.54, 1.807) is 32.3 Å². The maximum absolute atomic E-state index is 11.6. The van der Waals surface area contributed by atoms with Crippen LogP contribution in [0.5, 0.6) is 0 Å². The predicted molar refractivity (Wildman–Crippen MR) is 60.6 cm³/mol. The van der Waals surface area contributed by atoms with Crippen molar-refractivity contribution in [2.75, 3.05) is 5.32 Å². The van der Waals surface area contributed by atoms with Gasteiger partial charge in [0.2, 0.25) is 5.91 Å². The number of carbonyl (C=O) groups excluding carboxylic acids is 1. The predicted octanol–water partition coefficient (Wildman–Crippen LogP) is 2.50. The molecule has 1 heterocycles. The van der Waals surface area contributed by atoms with Crippen molar-refractivity contribution in [3.05, 3.63) is 24.0 Å². The van der Waals surface area contributed by atoms with Gasteiger partial charge in [-0.1, -0.05) is 15.9 Å². The van der Waals surface area contributed by atoms with Crippen LogP contribution < -0.4 is 5.32 Å². The Labute approximate surface area is 92.1 Å². The minimum absolute atomic E-state index is 0.0631. The van der Waals surface area contributed by atoms with Crippen molar-refractivity contribution in [1.82, 2.24) is 4.98 Å². The zero-order valence-corrected chi connectivity index (χ0v) is 10.1. The molecule has 0 aromatic carbocycles. The highest BCUT2D eigenvalue weighted by Gasteiger charge is 2.23. The molecule has 0 saturated heterocycles. The second-order valence-corrected chi connectivity index (χ2v) is 5.60. The molecule has 0 unspecified atom stereocenters. The molecule has 76 valence electrons. The first kappa shape index (κ1) is 11.2. The Kier molecular flexibility index (Phi) is 3.26. The van der Waals surface area contributed by atoms with Crippen LogP contribution in [0.1, 0.15) is 19.4 Å². The molecule has 4 heteroatoms. The van der Waals surface area contributed by atoms with Crippen molar-refractivity contribution in [2.24, 2.45) is 0 Å². The number of nitrogens with zero attached hydrogens (tertiary/aromatic N) is 1. The van der Waals surface area contributed by atoms with Crippen molar-refractivity contribution in [2.45, 2.75) is 25.1 Å². The normalized spacial score (nSPS) is 11.1. The average Bonchev–Trinajstić information content (AvgIpc) is 2.07. The van der Waals surface area contributed by atoms with Gasteiger partial charge in [0.1, 0.15) is 0 Å². The molecule has 0 saturated carbocycles. The summed E-state index contributed by atoms with van der Waals surface area (Å²) in [4.78, 5) is 15.6. The molecule has 14 heavy (non-hydrogen) atoms. The first-order chi connectivity index (χ1) is 6.41. The van der Waals surface area contributed by atoms with E-state index < -0.39 is 4.32 Å². The summed E-state index contributed by atoms with van der Waals surface area (Å²) in [5.74, 6) is -0.0631. The van der Waals surface area contributed by atoms with Gasteiger partial charge in [0.15, 0.2) is 0 Å². The van der Waals surface area contributed by atoms with E-state index >= 15 is 0 Å². The molecule has 0 fully saturated rings. The number of pyridine rings is 1. The highest BCUT2D eigenvalue weighted by atomic mass is 79.9. The fraction of sp³-hybridized carbons (Fsp3) is 0.400. The van der Waals surface area contributed by atoms with Gasteiger partial charge in [-0.15, -0.1) is 0 Å². The molecule has 0 aliphatic carbocycles. The lowest BCUT2D eigenvalue weighted by molar-refractivity contribution is -0.117. The van der Waals surface area contributed by atoms with Gasteiger partial charge in [0.05, 0.1) is 4.32 Å². The van der Waals surface area contributed by atoms with Crippen molar-refractivity contribution < 1.29 is 4.79 Å². The lowest BCUT2D eigenvalue weighted by atomic mass is 10.2. The number of amides is 1. The maximum Gasteiger partial charge on any atom is 0.240 e. The fourth-order valence-electron chi connectivity index (χ4n) is 0.885. The van der Waals surface area contributed by atoms with Gasteiger partial charge in [0.25, 0.3) is 0 Å². The molecule has 1 aromatic heterocycles. The number of rotatable bonds is 2. The average molecular weight is 257 g/mol. The number of hydrogen-bond acceptors (Lipinski definition) is 2. The Morgan fingerprint density at radius 1 is 1.57 bits per heavy atom. The Bertz CT molecular complexity index is 344. The fourth-order valence-corrected chi connectivity index (χ4v) is 0.984. The number of hydrogen-bond donors (Lipinski definition) is 1. The summed E-state index contributed by atoms with van der Waals surface area (Å²) >= 11 is 3.30. The molecule has 0 atom stereocenters. The molecule has 3 nitrogen and oxygen atoms in total. The number of nitrogens with one attached hydrogen (secondary N) is 1. The van der Waals surface area contributed by atoms with Crippen molar-refractivity contribution in [3.8, 4) is 0 Å². The van der Waals surface area contributed by atoms with Crippen LogP contribution in [0.3, 0.4) is 0 Å². The third-order valence-corrected chi connectivity index (χ3v) is 2.17. The van der Waals surface area contributed by atoms with Crippen LogP contribution in [-0.2, 0) is 4.79 Å². The summed E-state index contributed by atoms with van der Waals surface area (Å²) in [5, 5.41) is 2.82. The first-order valence-corrected chi connectivity index (χ1v) is 5.11. The lowest BCUT2D eigenvalue weighted by Crippen LogP contribution is -2.31. The SMILES string of the molecule is Cc1cnccc1NC(=O)C(C)(C)Br. The highest BCUT2D eigenvalue weighted by molar-refractivity contribution is 9.10. The zero-order valence-electron chi connectivity index (χ0n) is 8.47. The summed E-state index contributed by atoms with van der Waals surface area (Å²) in [6, 6.07) is 1.78. The second-order valence-electron chi connectivity index (χ2n) is 3.62. The van der Waals surface area contributed by atoms with Crippen LogP contribution in [0.25, 0.3) is 0 Å². The monoisotopic (exact) mass is 256 g/mol. The topological polar surface area (TPSA) is 42.0 Å². The number of alkyl halides is 1. The lowest BCUT2D eigenvalue weighted by Gasteiger charge is -2.16. The maximum atomic E-state index is 11.6. The van der Waals surface area contributed by atoms with Crippen LogP contribution in [-0.4, -0.2) is 15.2 Å². The van der Waals surface area contributed by atoms with E-state index in [-0.39, 0.29) is 5.91 Å². The molecule has 0 spiro atoms. The van der Waals surface area contributed by atoms with Crippen molar-refractivity contribution >= 4 is 27.5 Å². The Morgan fingerprint density at radius 3 is 2.71 bits per heavy atom. The van der Waals surface area contributed by atoms with E-state index in [4.69, 9.17) is 0 Å². The van der Waals surface area contributed by atoms with Gasteiger partial charge in [-0.2, -0.15) is 0 Å². The van der Waals surface area contributed by atoms with Crippen molar-refractivity contribution in [3.63, 3.8) is 0 Å². The van der Waals surface area contributed by atoms with Crippen LogP contribution in [0.15, 0.2) is 18.5 Å². The number of aromatic nitrogens is 1. The summed E-state index contributed by atoms with van der Waals surface area (Å²) in [5.41, 5.74) is 1.76. The minimum atomic E-state index is -0.553. The molecular formula is C10H13BrN2O. The number of anilines is 1. The van der Waals surface area contributed by atoms with Gasteiger partial charge in [-0.25, -0.2) is 0 Å². The van der Waals surface area contributed by atoms with Crippen LogP contribution >= 0.6 is 15.9 Å². The standard InChI is InChI=1S/C10H13BrN2O/c1-7-6-12-5-4-8(7)13-9(14)10(2,3)11/h4-6H,1-3H3,(H,12,13,14). The van der Waals surface area contributed by atoms with Crippen LogP contribution in [0.2, 0.25) is 0 Å². The van der Waals surface area contributed by atoms with Crippen molar-refractivity contribution in [1.29, 1.82) is 0 Å². The molecule has 1 rings (SSSR count). The minimum Gasteiger partial charge on any atom is -0.325 e. The van der Waals surface area contributed by atoms with Gasteiger partial charge in [-0.3, -0.25) is 9.78 Å². The van der Waals surface area contributed by atoms with Gasteiger partial charge >= 0.3 is 0 Å². The quantitative estimate of drug-likeness (QED) is 0.827. The molecule has 1 N–H and O–H groups in total. The molecular weight excluding hydrogens is 244 g/mol. The largest absolute Gasteiger partial charge is 0.325 e. The van der Waals surface area contributed by atoms with E-state index in [1.807, 2.05) is 6.92 Å². The molecule has 1 aromatic rings. The first-order valence-electron chi connectivity index (χ1n) is 4.32. The zero-order chi connectivity index (χ0) is 10.8. The van der Waals surface area contributed by atoms with E-state index in [2.05, 4.69) is 26.2 Å². The Morgan fingerprint density at radius 2 is 2.21 bits per heavy atom. The molecule has 0 aliphatic rings. The summed E-state index contributed by atoms with van der Waals surface area (Å²) < 4.78 is -0.553. The summed E-state index contributed by atoms with van der Waals surface area (Å²) in [6.07, 6.45) is 3.38. The van der Waals surface area contributed by atoms with E-state index in [9.17, 15) is 4.79 Å². The van der Waals surface area contributed by atoms with Crippen LogP contribution in [0, 0.1) is 6.92 Å². The van der Waals surface area contributed by atoms with E-state index in [1.165, 1.54) is 0 Å². The number of aryl methyl sites for hydroxylation is 1. The number of halogens is 1. The van der Waals surface area contributed by atoms with E-state index in [0.717, 1.165) is 11.3 Å². The second kappa shape index (κ2) is 4.09. The molecule has 0 radical (unpaired) electrons. The van der Waals surface area contributed by atoms with E-state index in [0.29, 0.717) is 0 Å². The summed E-state index contributed by atoms with van der Waals surface area (Å²) in [6.45, 7) is 5.52. The Hall–Kier alpha value is -0.900. The molecule has 0 bridgehead atoms. The Balaban J connectivity index is 2.80. The van der Waals surface area contributed by atoms with Gasteiger partial charge in [-0.05, 0) is 32.4 Å². The number of carbonyl (C=O) groups is 1.